The average Bonchev–Trinajstić information content (AvgIpc) is 3.62. The molecule has 0 radical (unpaired) electrons. The third-order valence-corrected chi connectivity index (χ3v) is 8.59. The van der Waals surface area contributed by atoms with E-state index in [0.29, 0.717) is 13.0 Å². The summed E-state index contributed by atoms with van der Waals surface area (Å²) in [4.78, 5) is 49.3. The lowest BCUT2D eigenvalue weighted by Gasteiger charge is -2.36. The zero-order valence-electron chi connectivity index (χ0n) is 25.8. The Kier molecular flexibility index (Phi) is 11.9. The molecule has 1 aromatic carbocycles. The molecule has 2 fully saturated rings. The SMILES string of the molecule is CC.Cc1ncsc1-c1ccc(C(C)NC(=O)C2CCCN2C(=O)C(NC(=O)CN2CCNCC2)C(C)(C)C)cc1. The van der Waals surface area contributed by atoms with Crippen molar-refractivity contribution in [1.29, 1.82) is 0 Å². The lowest BCUT2D eigenvalue weighted by Crippen LogP contribution is -2.59. The standard InChI is InChI=1S/C29H42N6O3S.C2H6/c1-19(21-8-10-22(11-9-21)25-20(2)31-18-39-25)32-27(37)23-7-6-14-35(23)28(38)26(29(3,4)5)33-24(36)17-34-15-12-30-13-16-34;1-2/h8-11,18-19,23,26,30H,6-7,12-17H2,1-5H3,(H,32,37)(H,33,36);1-2H3. The highest BCUT2D eigenvalue weighted by Crippen LogP contribution is 2.29. The van der Waals surface area contributed by atoms with Crippen molar-refractivity contribution in [3.8, 4) is 10.4 Å². The molecular formula is C31H48N6O3S. The zero-order chi connectivity index (χ0) is 30.2. The van der Waals surface area contributed by atoms with E-state index in [9.17, 15) is 14.4 Å². The van der Waals surface area contributed by atoms with Crippen LogP contribution in [0.2, 0.25) is 0 Å². The number of carbonyl (C=O) groups is 3. The van der Waals surface area contributed by atoms with Crippen molar-refractivity contribution in [3.05, 3.63) is 41.0 Å². The summed E-state index contributed by atoms with van der Waals surface area (Å²) in [5.41, 5.74) is 4.47. The maximum atomic E-state index is 13.8. The van der Waals surface area contributed by atoms with Gasteiger partial charge in [0.05, 0.1) is 28.7 Å². The van der Waals surface area contributed by atoms with Crippen molar-refractivity contribution in [2.45, 2.75) is 79.4 Å². The summed E-state index contributed by atoms with van der Waals surface area (Å²) in [5.74, 6) is -0.503. The van der Waals surface area contributed by atoms with Gasteiger partial charge in [-0.2, -0.15) is 0 Å². The van der Waals surface area contributed by atoms with Gasteiger partial charge in [-0.25, -0.2) is 4.98 Å². The lowest BCUT2D eigenvalue weighted by molar-refractivity contribution is -0.144. The summed E-state index contributed by atoms with van der Waals surface area (Å²) in [6.07, 6.45) is 1.37. The Morgan fingerprint density at radius 3 is 2.32 bits per heavy atom. The summed E-state index contributed by atoms with van der Waals surface area (Å²) in [5, 5.41) is 9.40. The molecule has 2 aliphatic rings. The molecular weight excluding hydrogens is 536 g/mol. The highest BCUT2D eigenvalue weighted by molar-refractivity contribution is 7.13. The summed E-state index contributed by atoms with van der Waals surface area (Å²) in [7, 11) is 0. The van der Waals surface area contributed by atoms with E-state index in [1.165, 1.54) is 0 Å². The highest BCUT2D eigenvalue weighted by Gasteiger charge is 2.42. The summed E-state index contributed by atoms with van der Waals surface area (Å²) >= 11 is 1.61. The predicted molar refractivity (Wildman–Crippen MR) is 166 cm³/mol. The number of aromatic nitrogens is 1. The van der Waals surface area contributed by atoms with Crippen molar-refractivity contribution in [2.75, 3.05) is 39.3 Å². The van der Waals surface area contributed by atoms with Crippen molar-refractivity contribution < 1.29 is 14.4 Å². The number of aryl methyl sites for hydroxylation is 1. The van der Waals surface area contributed by atoms with Gasteiger partial charge < -0.3 is 20.9 Å². The topological polar surface area (TPSA) is 107 Å². The number of rotatable bonds is 8. The van der Waals surface area contributed by atoms with E-state index in [1.54, 1.807) is 16.2 Å². The van der Waals surface area contributed by atoms with E-state index < -0.39 is 17.5 Å². The van der Waals surface area contributed by atoms with Gasteiger partial charge in [-0.05, 0) is 43.2 Å². The molecule has 10 heteroatoms. The van der Waals surface area contributed by atoms with E-state index in [4.69, 9.17) is 0 Å². The summed E-state index contributed by atoms with van der Waals surface area (Å²) in [6.45, 7) is 17.9. The minimum atomic E-state index is -0.707. The van der Waals surface area contributed by atoms with E-state index >= 15 is 0 Å². The highest BCUT2D eigenvalue weighted by atomic mass is 32.1. The van der Waals surface area contributed by atoms with Crippen molar-refractivity contribution >= 4 is 29.1 Å². The Hall–Kier alpha value is -2.82. The monoisotopic (exact) mass is 584 g/mol. The summed E-state index contributed by atoms with van der Waals surface area (Å²) < 4.78 is 0. The summed E-state index contributed by atoms with van der Waals surface area (Å²) in [6, 6.07) is 6.71. The number of hydrogen-bond acceptors (Lipinski definition) is 7. The van der Waals surface area contributed by atoms with Crippen LogP contribution in [0.3, 0.4) is 0 Å². The number of piperazine rings is 1. The molecule has 9 nitrogen and oxygen atoms in total. The van der Waals surface area contributed by atoms with Crippen LogP contribution in [0.1, 0.15) is 71.7 Å². The molecule has 3 N–H and O–H groups in total. The average molecular weight is 585 g/mol. The number of hydrogen-bond donors (Lipinski definition) is 3. The van der Waals surface area contributed by atoms with Crippen LogP contribution in [0.25, 0.3) is 10.4 Å². The van der Waals surface area contributed by atoms with Gasteiger partial charge in [-0.1, -0.05) is 58.9 Å². The molecule has 3 heterocycles. The fraction of sp³-hybridized carbons (Fsp3) is 0.613. The van der Waals surface area contributed by atoms with Crippen LogP contribution in [0.5, 0.6) is 0 Å². The van der Waals surface area contributed by atoms with E-state index in [2.05, 4.69) is 38.0 Å². The maximum absolute atomic E-state index is 13.8. The second-order valence-electron chi connectivity index (χ2n) is 11.7. The molecule has 0 aliphatic carbocycles. The molecule has 0 bridgehead atoms. The van der Waals surface area contributed by atoms with Crippen molar-refractivity contribution in [2.24, 2.45) is 5.41 Å². The van der Waals surface area contributed by atoms with Crippen molar-refractivity contribution in [3.63, 3.8) is 0 Å². The van der Waals surface area contributed by atoms with Crippen LogP contribution >= 0.6 is 11.3 Å². The van der Waals surface area contributed by atoms with Gasteiger partial charge in [0.2, 0.25) is 17.7 Å². The van der Waals surface area contributed by atoms with Gasteiger partial charge >= 0.3 is 0 Å². The van der Waals surface area contributed by atoms with Crippen LogP contribution in [-0.2, 0) is 14.4 Å². The molecule has 1 aromatic heterocycles. The number of carbonyl (C=O) groups excluding carboxylic acids is 3. The smallest absolute Gasteiger partial charge is 0.246 e. The van der Waals surface area contributed by atoms with Gasteiger partial charge in [-0.3, -0.25) is 19.3 Å². The second-order valence-corrected chi connectivity index (χ2v) is 12.6. The Bertz CT molecular complexity index is 1150. The van der Waals surface area contributed by atoms with Gasteiger partial charge in [0, 0.05) is 32.7 Å². The Morgan fingerprint density at radius 2 is 1.73 bits per heavy atom. The molecule has 3 atom stereocenters. The predicted octanol–water partition coefficient (Wildman–Crippen LogP) is 3.75. The van der Waals surface area contributed by atoms with E-state index in [1.807, 2.05) is 66.1 Å². The van der Waals surface area contributed by atoms with E-state index in [0.717, 1.165) is 54.3 Å². The van der Waals surface area contributed by atoms with Gasteiger partial charge in [0.1, 0.15) is 12.1 Å². The molecule has 3 unspecified atom stereocenters. The molecule has 0 saturated carbocycles. The minimum Gasteiger partial charge on any atom is -0.348 e. The largest absolute Gasteiger partial charge is 0.348 e. The number of nitrogens with zero attached hydrogens (tertiary/aromatic N) is 3. The third kappa shape index (κ3) is 8.59. The van der Waals surface area contributed by atoms with Gasteiger partial charge in [0.25, 0.3) is 0 Å². The fourth-order valence-electron chi connectivity index (χ4n) is 5.29. The molecule has 41 heavy (non-hydrogen) atoms. The number of thiazole rings is 1. The van der Waals surface area contributed by atoms with Crippen LogP contribution < -0.4 is 16.0 Å². The molecule has 2 saturated heterocycles. The maximum Gasteiger partial charge on any atom is 0.246 e. The molecule has 3 amide bonds. The molecule has 2 aromatic rings. The Labute approximate surface area is 249 Å². The van der Waals surface area contributed by atoms with Gasteiger partial charge in [-0.15, -0.1) is 11.3 Å². The fourth-order valence-corrected chi connectivity index (χ4v) is 6.10. The minimum absolute atomic E-state index is 0.157. The van der Waals surface area contributed by atoms with Crippen LogP contribution in [-0.4, -0.2) is 83.9 Å². The van der Waals surface area contributed by atoms with E-state index in [-0.39, 0.29) is 30.3 Å². The first kappa shape index (κ1) is 32.7. The molecule has 0 spiro atoms. The molecule has 226 valence electrons. The lowest BCUT2D eigenvalue weighted by atomic mass is 9.85. The quantitative estimate of drug-likeness (QED) is 0.437. The number of likely N-dealkylation sites (tertiary alicyclic amines) is 1. The zero-order valence-corrected chi connectivity index (χ0v) is 26.6. The van der Waals surface area contributed by atoms with Crippen LogP contribution in [0.15, 0.2) is 29.8 Å². The first-order chi connectivity index (χ1) is 19.5. The second kappa shape index (κ2) is 14.9. The number of amides is 3. The molecule has 4 rings (SSSR count). The Balaban J connectivity index is 0.00000226. The van der Waals surface area contributed by atoms with Crippen LogP contribution in [0, 0.1) is 12.3 Å². The normalized spacial score (nSPS) is 19.1. The number of nitrogens with one attached hydrogen (secondary N) is 3. The molecule has 2 aliphatic heterocycles. The van der Waals surface area contributed by atoms with Crippen molar-refractivity contribution in [1.82, 2.24) is 30.7 Å². The van der Waals surface area contributed by atoms with Gasteiger partial charge in [0.15, 0.2) is 0 Å². The van der Waals surface area contributed by atoms with Crippen LogP contribution in [0.4, 0.5) is 0 Å². The third-order valence-electron chi connectivity index (χ3n) is 7.61. The Morgan fingerprint density at radius 1 is 1.07 bits per heavy atom. The first-order valence-corrected chi connectivity index (χ1v) is 15.8. The number of benzene rings is 1. The first-order valence-electron chi connectivity index (χ1n) is 14.9.